The van der Waals surface area contributed by atoms with Crippen LogP contribution in [0.25, 0.3) is 0 Å². The first-order chi connectivity index (χ1) is 10.1. The molecule has 21 heavy (non-hydrogen) atoms. The lowest BCUT2D eigenvalue weighted by Crippen LogP contribution is -2.34. The lowest BCUT2D eigenvalue weighted by atomic mass is 9.95. The molecule has 116 valence electrons. The van der Waals surface area contributed by atoms with E-state index in [0.29, 0.717) is 24.8 Å². The van der Waals surface area contributed by atoms with E-state index in [2.05, 4.69) is 43.4 Å². The van der Waals surface area contributed by atoms with Crippen molar-refractivity contribution in [3.8, 4) is 0 Å². The Bertz CT molecular complexity index is 447. The maximum atomic E-state index is 12.3. The van der Waals surface area contributed by atoms with E-state index in [1.165, 1.54) is 24.0 Å². The number of carbonyl (C=O) groups excluding carboxylic acids is 1. The first-order valence-electron chi connectivity index (χ1n) is 8.09. The van der Waals surface area contributed by atoms with Crippen molar-refractivity contribution < 1.29 is 4.79 Å². The van der Waals surface area contributed by atoms with Gasteiger partial charge in [0.2, 0.25) is 5.91 Å². The predicted molar refractivity (Wildman–Crippen MR) is 87.2 cm³/mol. The van der Waals surface area contributed by atoms with Gasteiger partial charge in [-0.05, 0) is 48.9 Å². The van der Waals surface area contributed by atoms with Crippen LogP contribution in [0.5, 0.6) is 0 Å². The number of nitrogens with zero attached hydrogens (tertiary/aromatic N) is 1. The van der Waals surface area contributed by atoms with Crippen LogP contribution in [-0.2, 0) is 11.3 Å². The lowest BCUT2D eigenvalue weighted by Gasteiger charge is -2.25. The fourth-order valence-electron chi connectivity index (χ4n) is 2.87. The minimum absolute atomic E-state index is 0.261. The van der Waals surface area contributed by atoms with Crippen LogP contribution >= 0.6 is 0 Å². The van der Waals surface area contributed by atoms with E-state index in [9.17, 15) is 4.79 Å². The Morgan fingerprint density at radius 3 is 2.62 bits per heavy atom. The molecule has 0 spiro atoms. The third-order valence-corrected chi connectivity index (χ3v) is 4.35. The number of hydrogen-bond donors (Lipinski definition) is 1. The Labute approximate surface area is 128 Å². The second-order valence-electron chi connectivity index (χ2n) is 6.56. The second-order valence-corrected chi connectivity index (χ2v) is 6.56. The van der Waals surface area contributed by atoms with Gasteiger partial charge in [0.05, 0.1) is 0 Å². The number of carbonyl (C=O) groups is 1. The van der Waals surface area contributed by atoms with E-state index in [-0.39, 0.29) is 5.91 Å². The smallest absolute Gasteiger partial charge is 0.222 e. The molecule has 0 aromatic heterocycles. The molecule has 1 saturated heterocycles. The second kappa shape index (κ2) is 7.60. The molecule has 0 radical (unpaired) electrons. The van der Waals surface area contributed by atoms with Gasteiger partial charge in [0.25, 0.3) is 0 Å². The van der Waals surface area contributed by atoms with Gasteiger partial charge in [0.15, 0.2) is 0 Å². The average molecular weight is 288 g/mol. The minimum Gasteiger partial charge on any atom is -0.341 e. The highest BCUT2D eigenvalue weighted by atomic mass is 16.2. The molecule has 1 aromatic carbocycles. The number of nitrogens with one attached hydrogen (secondary N) is 1. The molecule has 3 nitrogen and oxygen atoms in total. The molecule has 1 unspecified atom stereocenters. The van der Waals surface area contributed by atoms with Crippen LogP contribution in [0.15, 0.2) is 24.3 Å². The lowest BCUT2D eigenvalue weighted by molar-refractivity contribution is -0.131. The first-order valence-corrected chi connectivity index (χ1v) is 8.09. The number of benzene rings is 1. The molecule has 2 rings (SSSR count). The Morgan fingerprint density at radius 2 is 2.05 bits per heavy atom. The molecule has 1 fully saturated rings. The van der Waals surface area contributed by atoms with E-state index in [1.54, 1.807) is 0 Å². The fraction of sp³-hybridized carbons (Fsp3) is 0.611. The quantitative estimate of drug-likeness (QED) is 0.902. The van der Waals surface area contributed by atoms with Gasteiger partial charge < -0.3 is 10.2 Å². The molecule has 1 atom stereocenters. The van der Waals surface area contributed by atoms with E-state index < -0.39 is 0 Å². The first kappa shape index (κ1) is 16.0. The molecule has 1 N–H and O–H groups in total. The average Bonchev–Trinajstić information content (AvgIpc) is 2.48. The van der Waals surface area contributed by atoms with Crippen LogP contribution in [0.1, 0.15) is 50.2 Å². The molecular formula is C18H28N2O. The molecule has 0 bridgehead atoms. The van der Waals surface area contributed by atoms with Crippen LogP contribution in [0, 0.1) is 5.92 Å². The number of piperidine rings is 1. The van der Waals surface area contributed by atoms with Gasteiger partial charge in [-0.25, -0.2) is 0 Å². The van der Waals surface area contributed by atoms with Crippen molar-refractivity contribution in [1.29, 1.82) is 0 Å². The van der Waals surface area contributed by atoms with Gasteiger partial charge in [-0.1, -0.05) is 38.1 Å². The SMILES string of the molecule is CC(C)c1ccc(CN(C)C(=O)CC2CCCNC2)cc1. The Balaban J connectivity index is 1.84. The zero-order valence-electron chi connectivity index (χ0n) is 13.6. The zero-order valence-corrected chi connectivity index (χ0v) is 13.6. The number of amides is 1. The summed E-state index contributed by atoms with van der Waals surface area (Å²) in [6.45, 7) is 7.19. The summed E-state index contributed by atoms with van der Waals surface area (Å²) in [5, 5.41) is 3.37. The van der Waals surface area contributed by atoms with E-state index in [1.807, 2.05) is 11.9 Å². The van der Waals surface area contributed by atoms with Gasteiger partial charge in [-0.2, -0.15) is 0 Å². The van der Waals surface area contributed by atoms with Crippen molar-refractivity contribution in [1.82, 2.24) is 10.2 Å². The third kappa shape index (κ3) is 4.85. The van der Waals surface area contributed by atoms with E-state index in [4.69, 9.17) is 0 Å². The summed E-state index contributed by atoms with van der Waals surface area (Å²) >= 11 is 0. The fourth-order valence-corrected chi connectivity index (χ4v) is 2.87. The Kier molecular flexibility index (Phi) is 5.80. The molecule has 1 aliphatic rings. The Hall–Kier alpha value is -1.35. The molecule has 1 heterocycles. The van der Waals surface area contributed by atoms with Gasteiger partial charge >= 0.3 is 0 Å². The maximum Gasteiger partial charge on any atom is 0.222 e. The van der Waals surface area contributed by atoms with Gasteiger partial charge in [0.1, 0.15) is 0 Å². The summed E-state index contributed by atoms with van der Waals surface area (Å²) in [5.41, 5.74) is 2.55. The number of rotatable bonds is 5. The van der Waals surface area contributed by atoms with Crippen LogP contribution in [0.2, 0.25) is 0 Å². The maximum absolute atomic E-state index is 12.3. The third-order valence-electron chi connectivity index (χ3n) is 4.35. The minimum atomic E-state index is 0.261. The predicted octanol–water partition coefficient (Wildman–Crippen LogP) is 3.16. The molecular weight excluding hydrogens is 260 g/mol. The van der Waals surface area contributed by atoms with Crippen LogP contribution in [0.4, 0.5) is 0 Å². The zero-order chi connectivity index (χ0) is 15.2. The van der Waals surface area contributed by atoms with Gasteiger partial charge in [-0.3, -0.25) is 4.79 Å². The molecule has 1 aliphatic heterocycles. The standard InChI is InChI=1S/C18H28N2O/c1-14(2)17-8-6-15(7-9-17)13-20(3)18(21)11-16-5-4-10-19-12-16/h6-9,14,16,19H,4-5,10-13H2,1-3H3. The molecule has 1 amide bonds. The van der Waals surface area contributed by atoms with Gasteiger partial charge in [0, 0.05) is 20.0 Å². The van der Waals surface area contributed by atoms with E-state index in [0.717, 1.165) is 13.1 Å². The van der Waals surface area contributed by atoms with Crippen molar-refractivity contribution in [2.75, 3.05) is 20.1 Å². The summed E-state index contributed by atoms with van der Waals surface area (Å²) in [7, 11) is 1.91. The summed E-state index contributed by atoms with van der Waals surface area (Å²) in [6.07, 6.45) is 3.04. The summed E-state index contributed by atoms with van der Waals surface area (Å²) in [6, 6.07) is 8.62. The van der Waals surface area contributed by atoms with Crippen molar-refractivity contribution in [3.05, 3.63) is 35.4 Å². The molecule has 0 saturated carbocycles. The monoisotopic (exact) mass is 288 g/mol. The van der Waals surface area contributed by atoms with E-state index >= 15 is 0 Å². The summed E-state index contributed by atoms with van der Waals surface area (Å²) in [4.78, 5) is 14.1. The summed E-state index contributed by atoms with van der Waals surface area (Å²) < 4.78 is 0. The van der Waals surface area contributed by atoms with Gasteiger partial charge in [-0.15, -0.1) is 0 Å². The van der Waals surface area contributed by atoms with Crippen LogP contribution in [-0.4, -0.2) is 30.9 Å². The van der Waals surface area contributed by atoms with Crippen LogP contribution in [0.3, 0.4) is 0 Å². The highest BCUT2D eigenvalue weighted by Crippen LogP contribution is 2.17. The summed E-state index contributed by atoms with van der Waals surface area (Å²) in [5.74, 6) is 1.32. The topological polar surface area (TPSA) is 32.3 Å². The van der Waals surface area contributed by atoms with Crippen molar-refractivity contribution in [3.63, 3.8) is 0 Å². The molecule has 3 heteroatoms. The van der Waals surface area contributed by atoms with Crippen molar-refractivity contribution >= 4 is 5.91 Å². The highest BCUT2D eigenvalue weighted by molar-refractivity contribution is 5.76. The normalized spacial score (nSPS) is 18.8. The largest absolute Gasteiger partial charge is 0.341 e. The van der Waals surface area contributed by atoms with Crippen molar-refractivity contribution in [2.45, 2.75) is 45.6 Å². The Morgan fingerprint density at radius 1 is 1.33 bits per heavy atom. The molecule has 1 aromatic rings. The number of hydrogen-bond acceptors (Lipinski definition) is 2. The molecule has 0 aliphatic carbocycles. The van der Waals surface area contributed by atoms with Crippen molar-refractivity contribution in [2.24, 2.45) is 5.92 Å². The highest BCUT2D eigenvalue weighted by Gasteiger charge is 2.19. The van der Waals surface area contributed by atoms with Crippen LogP contribution < -0.4 is 5.32 Å².